The number of fused-ring (bicyclic) bond motifs is 1. The molecule has 4 nitrogen and oxygen atoms in total. The molecule has 86 valence electrons. The smallest absolute Gasteiger partial charge is 0.348 e. The Morgan fingerprint density at radius 2 is 2.31 bits per heavy atom. The first kappa shape index (κ1) is 11.1. The Balaban J connectivity index is 2.13. The van der Waals surface area contributed by atoms with Gasteiger partial charge in [-0.25, -0.2) is 4.79 Å². The van der Waals surface area contributed by atoms with E-state index < -0.39 is 5.97 Å². The number of carbonyl (C=O) groups excluding carboxylic acids is 1. The van der Waals surface area contributed by atoms with Crippen molar-refractivity contribution in [3.63, 3.8) is 0 Å². The summed E-state index contributed by atoms with van der Waals surface area (Å²) in [6.45, 7) is 2.12. The zero-order valence-electron chi connectivity index (χ0n) is 8.86. The van der Waals surface area contributed by atoms with Crippen molar-refractivity contribution in [1.82, 2.24) is 0 Å². The van der Waals surface area contributed by atoms with Crippen LogP contribution in [0.1, 0.15) is 27.0 Å². The summed E-state index contributed by atoms with van der Waals surface area (Å²) in [6.07, 6.45) is 1.06. The van der Waals surface area contributed by atoms with E-state index in [1.807, 2.05) is 0 Å². The van der Waals surface area contributed by atoms with Crippen molar-refractivity contribution in [2.24, 2.45) is 5.92 Å². The van der Waals surface area contributed by atoms with Gasteiger partial charge in [0.2, 0.25) is 0 Å². The van der Waals surface area contributed by atoms with Gasteiger partial charge in [-0.1, -0.05) is 0 Å². The second-order valence-electron chi connectivity index (χ2n) is 3.72. The molecule has 0 amide bonds. The molecular formula is C11H12O4S. The number of thiophene rings is 1. The van der Waals surface area contributed by atoms with Crippen LogP contribution in [0.3, 0.4) is 0 Å². The lowest BCUT2D eigenvalue weighted by molar-refractivity contribution is -0.141. The first-order chi connectivity index (χ1) is 7.61. The summed E-state index contributed by atoms with van der Waals surface area (Å²) >= 11 is 1.35. The number of hydrogen-bond donors (Lipinski definition) is 1. The lowest BCUT2D eigenvalue weighted by Crippen LogP contribution is -2.13. The number of rotatable bonds is 3. The molecule has 16 heavy (non-hydrogen) atoms. The summed E-state index contributed by atoms with van der Waals surface area (Å²) in [5.74, 6) is -1.40. The predicted molar refractivity (Wildman–Crippen MR) is 58.8 cm³/mol. The molecule has 1 aliphatic carbocycles. The average Bonchev–Trinajstić information content (AvgIpc) is 2.73. The molecule has 0 fully saturated rings. The van der Waals surface area contributed by atoms with E-state index in [0.717, 1.165) is 10.4 Å². The highest BCUT2D eigenvalue weighted by atomic mass is 32.1. The Labute approximate surface area is 96.9 Å². The lowest BCUT2D eigenvalue weighted by atomic mass is 10.1. The van der Waals surface area contributed by atoms with Gasteiger partial charge in [-0.3, -0.25) is 4.79 Å². The van der Waals surface area contributed by atoms with Crippen molar-refractivity contribution in [1.29, 1.82) is 0 Å². The van der Waals surface area contributed by atoms with E-state index in [2.05, 4.69) is 0 Å². The lowest BCUT2D eigenvalue weighted by Gasteiger charge is -2.01. The molecule has 1 aliphatic rings. The molecule has 1 unspecified atom stereocenters. The normalized spacial score (nSPS) is 18.2. The molecule has 0 saturated carbocycles. The van der Waals surface area contributed by atoms with E-state index in [9.17, 15) is 9.59 Å². The summed E-state index contributed by atoms with van der Waals surface area (Å²) in [4.78, 5) is 23.8. The van der Waals surface area contributed by atoms with Crippen LogP contribution < -0.4 is 0 Å². The number of hydrogen-bond acceptors (Lipinski definition) is 4. The van der Waals surface area contributed by atoms with Gasteiger partial charge in [0, 0.05) is 4.88 Å². The zero-order valence-corrected chi connectivity index (χ0v) is 9.67. The topological polar surface area (TPSA) is 63.6 Å². The van der Waals surface area contributed by atoms with E-state index >= 15 is 0 Å². The fourth-order valence-electron chi connectivity index (χ4n) is 1.85. The van der Waals surface area contributed by atoms with Crippen molar-refractivity contribution in [3.05, 3.63) is 21.4 Å². The Morgan fingerprint density at radius 1 is 1.56 bits per heavy atom. The summed E-state index contributed by atoms with van der Waals surface area (Å²) < 4.78 is 4.89. The van der Waals surface area contributed by atoms with E-state index in [-0.39, 0.29) is 11.9 Å². The molecule has 0 aromatic carbocycles. The minimum Gasteiger partial charge on any atom is -0.481 e. The predicted octanol–water partition coefficient (Wildman–Crippen LogP) is 1.72. The second kappa shape index (κ2) is 4.25. The van der Waals surface area contributed by atoms with Gasteiger partial charge >= 0.3 is 11.9 Å². The van der Waals surface area contributed by atoms with Crippen LogP contribution in [0.5, 0.6) is 0 Å². The number of ether oxygens (including phenoxy) is 1. The fraction of sp³-hybridized carbons (Fsp3) is 0.455. The summed E-state index contributed by atoms with van der Waals surface area (Å²) in [5, 5.41) is 8.88. The van der Waals surface area contributed by atoms with Gasteiger partial charge in [-0.15, -0.1) is 11.3 Å². The minimum absolute atomic E-state index is 0.311. The molecule has 2 rings (SSSR count). The van der Waals surface area contributed by atoms with Crippen LogP contribution in [0, 0.1) is 5.92 Å². The number of carboxylic acids is 1. The summed E-state index contributed by atoms with van der Waals surface area (Å²) in [7, 11) is 0. The Morgan fingerprint density at radius 3 is 2.88 bits per heavy atom. The quantitative estimate of drug-likeness (QED) is 0.817. The van der Waals surface area contributed by atoms with Gasteiger partial charge in [0.05, 0.1) is 12.5 Å². The maximum Gasteiger partial charge on any atom is 0.348 e. The number of esters is 1. The Bertz CT molecular complexity index is 412. The highest BCUT2D eigenvalue weighted by Crippen LogP contribution is 2.34. The minimum atomic E-state index is -0.763. The van der Waals surface area contributed by atoms with Crippen molar-refractivity contribution < 1.29 is 19.4 Å². The van der Waals surface area contributed by atoms with Gasteiger partial charge < -0.3 is 9.84 Å². The highest BCUT2D eigenvalue weighted by Gasteiger charge is 2.30. The maximum absolute atomic E-state index is 11.4. The van der Waals surface area contributed by atoms with Gasteiger partial charge in [0.1, 0.15) is 4.88 Å². The third-order valence-corrected chi connectivity index (χ3v) is 3.80. The molecule has 1 aromatic heterocycles. The summed E-state index contributed by atoms with van der Waals surface area (Å²) in [6, 6.07) is 1.76. The van der Waals surface area contributed by atoms with Gasteiger partial charge in [-0.2, -0.15) is 0 Å². The van der Waals surface area contributed by atoms with Crippen LogP contribution >= 0.6 is 11.3 Å². The molecule has 5 heteroatoms. The van der Waals surface area contributed by atoms with Gasteiger partial charge in [0.25, 0.3) is 0 Å². The van der Waals surface area contributed by atoms with Crippen molar-refractivity contribution in [2.45, 2.75) is 19.8 Å². The van der Waals surface area contributed by atoms with Crippen molar-refractivity contribution in [2.75, 3.05) is 6.61 Å². The van der Waals surface area contributed by atoms with E-state index in [0.29, 0.717) is 24.3 Å². The molecule has 0 radical (unpaired) electrons. The monoisotopic (exact) mass is 240 g/mol. The zero-order chi connectivity index (χ0) is 11.7. The Kier molecular flexibility index (Phi) is 2.96. The average molecular weight is 240 g/mol. The molecule has 1 atom stereocenters. The Hall–Kier alpha value is -1.36. The van der Waals surface area contributed by atoms with E-state index in [1.165, 1.54) is 11.3 Å². The van der Waals surface area contributed by atoms with E-state index in [1.54, 1.807) is 13.0 Å². The van der Waals surface area contributed by atoms with Gasteiger partial charge in [0.15, 0.2) is 0 Å². The molecule has 0 aliphatic heterocycles. The molecule has 0 spiro atoms. The number of carboxylic acid groups (broad SMARTS) is 1. The SMILES string of the molecule is CCOC(=O)c1cc2c(s1)CC(C(=O)O)C2. The van der Waals surface area contributed by atoms with Crippen LogP contribution in [0.25, 0.3) is 0 Å². The van der Waals surface area contributed by atoms with Crippen molar-refractivity contribution >= 4 is 23.3 Å². The second-order valence-corrected chi connectivity index (χ2v) is 4.86. The number of carbonyl (C=O) groups is 2. The molecule has 1 heterocycles. The fourth-order valence-corrected chi connectivity index (χ4v) is 3.02. The van der Waals surface area contributed by atoms with Crippen LogP contribution in [0.4, 0.5) is 0 Å². The number of aliphatic carboxylic acids is 1. The van der Waals surface area contributed by atoms with Crippen LogP contribution in [0.15, 0.2) is 6.07 Å². The standard InChI is InChI=1S/C11H12O4S/c1-2-15-11(14)9-4-6-3-7(10(12)13)5-8(6)16-9/h4,7H,2-3,5H2,1H3,(H,12,13). The summed E-state index contributed by atoms with van der Waals surface area (Å²) in [5.41, 5.74) is 0.987. The van der Waals surface area contributed by atoms with Crippen LogP contribution in [0.2, 0.25) is 0 Å². The molecule has 0 saturated heterocycles. The largest absolute Gasteiger partial charge is 0.481 e. The first-order valence-electron chi connectivity index (χ1n) is 5.13. The van der Waals surface area contributed by atoms with E-state index in [4.69, 9.17) is 9.84 Å². The molecule has 1 aromatic rings. The maximum atomic E-state index is 11.4. The third-order valence-electron chi connectivity index (χ3n) is 2.62. The third kappa shape index (κ3) is 1.95. The molecule has 0 bridgehead atoms. The highest BCUT2D eigenvalue weighted by molar-refractivity contribution is 7.14. The van der Waals surface area contributed by atoms with Gasteiger partial charge in [-0.05, 0) is 31.4 Å². The van der Waals surface area contributed by atoms with Crippen LogP contribution in [-0.4, -0.2) is 23.7 Å². The molecular weight excluding hydrogens is 228 g/mol. The first-order valence-corrected chi connectivity index (χ1v) is 5.95. The van der Waals surface area contributed by atoms with Crippen molar-refractivity contribution in [3.8, 4) is 0 Å². The molecule has 1 N–H and O–H groups in total. The van der Waals surface area contributed by atoms with Crippen LogP contribution in [-0.2, 0) is 22.4 Å².